The van der Waals surface area contributed by atoms with Gasteiger partial charge in [-0.3, -0.25) is 4.90 Å². The maximum absolute atomic E-state index is 10.0. The summed E-state index contributed by atoms with van der Waals surface area (Å²) in [7, 11) is 1.64. The third kappa shape index (κ3) is 3.12. The SMILES string of the molecule is COc1ccc2cc(CN3CCC(C)(O)C3)c(Cl)nc2c1. The second-order valence-electron chi connectivity index (χ2n) is 5.95. The van der Waals surface area contributed by atoms with Gasteiger partial charge >= 0.3 is 0 Å². The van der Waals surface area contributed by atoms with Crippen molar-refractivity contribution in [3.05, 3.63) is 35.0 Å². The van der Waals surface area contributed by atoms with Gasteiger partial charge in [0.1, 0.15) is 10.9 Å². The number of likely N-dealkylation sites (tertiary alicyclic amines) is 1. The fourth-order valence-electron chi connectivity index (χ4n) is 2.82. The number of aliphatic hydroxyl groups is 1. The molecule has 21 heavy (non-hydrogen) atoms. The zero-order chi connectivity index (χ0) is 15.0. The van der Waals surface area contributed by atoms with Crippen molar-refractivity contribution in [3.63, 3.8) is 0 Å². The Morgan fingerprint density at radius 2 is 2.24 bits per heavy atom. The van der Waals surface area contributed by atoms with E-state index in [1.165, 1.54) is 0 Å². The van der Waals surface area contributed by atoms with E-state index in [0.29, 0.717) is 18.2 Å². The zero-order valence-electron chi connectivity index (χ0n) is 12.3. The molecular formula is C16H19ClN2O2. The van der Waals surface area contributed by atoms with Crippen LogP contribution in [0.5, 0.6) is 5.75 Å². The van der Waals surface area contributed by atoms with Crippen LogP contribution in [0, 0.1) is 0 Å². The Labute approximate surface area is 129 Å². The van der Waals surface area contributed by atoms with Gasteiger partial charge in [0.25, 0.3) is 0 Å². The number of ether oxygens (including phenoxy) is 1. The van der Waals surface area contributed by atoms with Gasteiger partial charge in [0, 0.05) is 36.7 Å². The lowest BCUT2D eigenvalue weighted by Gasteiger charge is -2.19. The molecule has 112 valence electrons. The lowest BCUT2D eigenvalue weighted by atomic mass is 10.1. The minimum atomic E-state index is -0.593. The van der Waals surface area contributed by atoms with Crippen molar-refractivity contribution in [1.29, 1.82) is 0 Å². The predicted molar refractivity (Wildman–Crippen MR) is 83.8 cm³/mol. The van der Waals surface area contributed by atoms with Gasteiger partial charge in [0.2, 0.25) is 0 Å². The first-order valence-corrected chi connectivity index (χ1v) is 7.42. The summed E-state index contributed by atoms with van der Waals surface area (Å²) < 4.78 is 5.20. The third-order valence-electron chi connectivity index (χ3n) is 3.98. The van der Waals surface area contributed by atoms with Crippen molar-refractivity contribution in [2.45, 2.75) is 25.5 Å². The van der Waals surface area contributed by atoms with E-state index in [0.717, 1.165) is 35.2 Å². The number of halogens is 1. The Morgan fingerprint density at radius 3 is 2.90 bits per heavy atom. The van der Waals surface area contributed by atoms with E-state index in [1.807, 2.05) is 25.1 Å². The molecule has 1 atom stereocenters. The number of fused-ring (bicyclic) bond motifs is 1. The zero-order valence-corrected chi connectivity index (χ0v) is 13.0. The molecule has 0 amide bonds. The molecule has 1 aliphatic heterocycles. The van der Waals surface area contributed by atoms with E-state index in [-0.39, 0.29) is 0 Å². The molecule has 2 heterocycles. The summed E-state index contributed by atoms with van der Waals surface area (Å²) in [6.07, 6.45) is 0.794. The second-order valence-corrected chi connectivity index (χ2v) is 6.31. The van der Waals surface area contributed by atoms with Gasteiger partial charge in [-0.2, -0.15) is 0 Å². The highest BCUT2D eigenvalue weighted by molar-refractivity contribution is 6.30. The van der Waals surface area contributed by atoms with Gasteiger partial charge in [-0.05, 0) is 31.5 Å². The molecule has 0 saturated carbocycles. The molecule has 0 radical (unpaired) electrons. The number of nitrogens with zero attached hydrogens (tertiary/aromatic N) is 2. The highest BCUT2D eigenvalue weighted by Crippen LogP contribution is 2.27. The molecule has 0 spiro atoms. The second kappa shape index (κ2) is 5.44. The van der Waals surface area contributed by atoms with Crippen LogP contribution in [0.15, 0.2) is 24.3 Å². The molecule has 5 heteroatoms. The highest BCUT2D eigenvalue weighted by atomic mass is 35.5. The first kappa shape index (κ1) is 14.6. The van der Waals surface area contributed by atoms with Crippen molar-refractivity contribution < 1.29 is 9.84 Å². The summed E-state index contributed by atoms with van der Waals surface area (Å²) in [5.74, 6) is 0.773. The van der Waals surface area contributed by atoms with Gasteiger partial charge < -0.3 is 9.84 Å². The molecule has 0 bridgehead atoms. The summed E-state index contributed by atoms with van der Waals surface area (Å²) >= 11 is 6.31. The molecule has 1 unspecified atom stereocenters. The molecule has 2 aromatic rings. The molecule has 1 aliphatic rings. The molecule has 1 fully saturated rings. The van der Waals surface area contributed by atoms with E-state index in [4.69, 9.17) is 16.3 Å². The van der Waals surface area contributed by atoms with E-state index in [1.54, 1.807) is 7.11 Å². The fourth-order valence-corrected chi connectivity index (χ4v) is 3.03. The number of rotatable bonds is 3. The average molecular weight is 307 g/mol. The predicted octanol–water partition coefficient (Wildman–Crippen LogP) is 2.85. The largest absolute Gasteiger partial charge is 0.497 e. The minimum absolute atomic E-state index is 0.516. The number of methoxy groups -OCH3 is 1. The molecule has 1 aromatic heterocycles. The van der Waals surface area contributed by atoms with Crippen molar-refractivity contribution in [2.75, 3.05) is 20.2 Å². The van der Waals surface area contributed by atoms with Crippen LogP contribution in [0.3, 0.4) is 0 Å². The third-order valence-corrected chi connectivity index (χ3v) is 4.30. The van der Waals surface area contributed by atoms with Gasteiger partial charge in [0.15, 0.2) is 0 Å². The van der Waals surface area contributed by atoms with Crippen LogP contribution in [0.2, 0.25) is 5.15 Å². The van der Waals surface area contributed by atoms with Crippen molar-refractivity contribution >= 4 is 22.5 Å². The Balaban J connectivity index is 1.87. The van der Waals surface area contributed by atoms with E-state index < -0.39 is 5.60 Å². The van der Waals surface area contributed by atoms with Gasteiger partial charge in [-0.15, -0.1) is 0 Å². The number of β-amino-alcohol motifs (C(OH)–C–C–N with tert-alkyl or cyclic N) is 1. The Kier molecular flexibility index (Phi) is 3.78. The van der Waals surface area contributed by atoms with E-state index >= 15 is 0 Å². The summed E-state index contributed by atoms with van der Waals surface area (Å²) in [6.45, 7) is 4.14. The smallest absolute Gasteiger partial charge is 0.134 e. The Morgan fingerprint density at radius 1 is 1.43 bits per heavy atom. The van der Waals surface area contributed by atoms with E-state index in [9.17, 15) is 5.11 Å². The maximum atomic E-state index is 10.0. The van der Waals surface area contributed by atoms with Gasteiger partial charge in [0.05, 0.1) is 18.2 Å². The summed E-state index contributed by atoms with van der Waals surface area (Å²) in [5.41, 5.74) is 1.23. The topological polar surface area (TPSA) is 45.6 Å². The van der Waals surface area contributed by atoms with Crippen LogP contribution < -0.4 is 4.74 Å². The summed E-state index contributed by atoms with van der Waals surface area (Å²) in [6, 6.07) is 7.85. The quantitative estimate of drug-likeness (QED) is 0.886. The maximum Gasteiger partial charge on any atom is 0.134 e. The Bertz CT molecular complexity index is 673. The summed E-state index contributed by atoms with van der Waals surface area (Å²) in [4.78, 5) is 6.67. The van der Waals surface area contributed by atoms with Crippen molar-refractivity contribution in [3.8, 4) is 5.75 Å². The molecule has 4 nitrogen and oxygen atoms in total. The van der Waals surface area contributed by atoms with Gasteiger partial charge in [-0.25, -0.2) is 4.98 Å². The van der Waals surface area contributed by atoms with Crippen LogP contribution in [0.4, 0.5) is 0 Å². The fraction of sp³-hybridized carbons (Fsp3) is 0.438. The molecule has 1 saturated heterocycles. The van der Waals surface area contributed by atoms with Gasteiger partial charge in [-0.1, -0.05) is 11.6 Å². The van der Waals surface area contributed by atoms with Crippen molar-refractivity contribution in [2.24, 2.45) is 0 Å². The van der Waals surface area contributed by atoms with Crippen LogP contribution in [0.1, 0.15) is 18.9 Å². The monoisotopic (exact) mass is 306 g/mol. The minimum Gasteiger partial charge on any atom is -0.497 e. The normalized spacial score (nSPS) is 22.9. The standard InChI is InChI=1S/C16H19ClN2O2/c1-16(20)5-6-19(10-16)9-12-7-11-3-4-13(21-2)8-14(11)18-15(12)17/h3-4,7-8,20H,5-6,9-10H2,1-2H3. The van der Waals surface area contributed by atoms with Crippen molar-refractivity contribution in [1.82, 2.24) is 9.88 Å². The first-order valence-electron chi connectivity index (χ1n) is 7.05. The van der Waals surface area contributed by atoms with Crippen LogP contribution in [0.25, 0.3) is 10.9 Å². The average Bonchev–Trinajstić information content (AvgIpc) is 2.78. The number of benzene rings is 1. The highest BCUT2D eigenvalue weighted by Gasteiger charge is 2.31. The van der Waals surface area contributed by atoms with Crippen LogP contribution in [-0.2, 0) is 6.54 Å². The lowest BCUT2D eigenvalue weighted by Crippen LogP contribution is -2.29. The molecular weight excluding hydrogens is 288 g/mol. The lowest BCUT2D eigenvalue weighted by molar-refractivity contribution is 0.0679. The molecule has 3 rings (SSSR count). The van der Waals surface area contributed by atoms with E-state index in [2.05, 4.69) is 16.0 Å². The molecule has 1 aromatic carbocycles. The first-order chi connectivity index (χ1) is 9.97. The Hall–Kier alpha value is -1.36. The number of hydrogen-bond acceptors (Lipinski definition) is 4. The van der Waals surface area contributed by atoms with Crippen LogP contribution in [-0.4, -0.2) is 40.8 Å². The van der Waals surface area contributed by atoms with Crippen LogP contribution >= 0.6 is 11.6 Å². The number of hydrogen-bond donors (Lipinski definition) is 1. The summed E-state index contributed by atoms with van der Waals surface area (Å²) in [5, 5.41) is 11.6. The number of aromatic nitrogens is 1. The molecule has 1 N–H and O–H groups in total. The number of pyridine rings is 1. The molecule has 0 aliphatic carbocycles.